The topological polar surface area (TPSA) is 190 Å². The van der Waals surface area contributed by atoms with E-state index in [4.69, 9.17) is 29.2 Å². The Labute approximate surface area is 302 Å². The fourth-order valence-corrected chi connectivity index (χ4v) is 8.62. The minimum atomic E-state index is -1.42. The highest BCUT2D eigenvalue weighted by Gasteiger charge is 2.60. The highest BCUT2D eigenvalue weighted by molar-refractivity contribution is 6.00. The second kappa shape index (κ2) is 17.3. The summed E-state index contributed by atoms with van der Waals surface area (Å²) in [6, 6.07) is -1.13. The zero-order valence-electron chi connectivity index (χ0n) is 32.5. The van der Waals surface area contributed by atoms with E-state index in [-0.39, 0.29) is 49.8 Å². The van der Waals surface area contributed by atoms with Crippen LogP contribution < -0.4 is 0 Å². The molecular formula is C36H61N5O10. The van der Waals surface area contributed by atoms with Gasteiger partial charge in [-0.15, -0.1) is 0 Å². The standard InChI is InChI=1S/C36H61N5O10/c1-13-25-36(9)30(41(34(46)51-36)17-15-14-16-38-39-37)21(4)27(42)19(2)18-35(8,47-12)31(22(5)28(43)23(6)32(45)49-25)50-33-29(44)26(40(10)11)20(3)24(7)48-33/h19-26,29-31,33,44H,13-18H2,1-12H3/t19-,20?,21+,22+,23-,24?,25-,26?,29?,30-,31-,33?,35+,36-/m1/s1. The van der Waals surface area contributed by atoms with Crippen LogP contribution in [0.2, 0.25) is 0 Å². The molecule has 14 atom stereocenters. The van der Waals surface area contributed by atoms with E-state index in [1.807, 2.05) is 32.8 Å². The van der Waals surface area contributed by atoms with Gasteiger partial charge in [0.2, 0.25) is 0 Å². The molecular weight excluding hydrogens is 662 g/mol. The average Bonchev–Trinajstić information content (AvgIpc) is 3.34. The molecule has 0 bridgehead atoms. The second-order valence-electron chi connectivity index (χ2n) is 15.5. The van der Waals surface area contributed by atoms with E-state index in [2.05, 4.69) is 10.0 Å². The Hall–Kier alpha value is -2.81. The molecule has 3 saturated heterocycles. The maximum atomic E-state index is 14.5. The number of hydrogen-bond acceptors (Lipinski definition) is 12. The van der Waals surface area contributed by atoms with Gasteiger partial charge in [0, 0.05) is 54.8 Å². The number of aliphatic hydroxyl groups excluding tert-OH is 1. The van der Waals surface area contributed by atoms with Gasteiger partial charge in [-0.05, 0) is 73.0 Å². The van der Waals surface area contributed by atoms with E-state index in [0.29, 0.717) is 12.8 Å². The number of amides is 1. The zero-order chi connectivity index (χ0) is 38.6. The number of ether oxygens (including phenoxy) is 5. The molecule has 0 radical (unpaired) electrons. The number of Topliss-reactive ketones (excluding diaryl/α,β-unsaturated/α-hetero) is 2. The number of carbonyl (C=O) groups excluding carboxylic acids is 4. The number of carbonyl (C=O) groups is 4. The van der Waals surface area contributed by atoms with E-state index >= 15 is 0 Å². The third kappa shape index (κ3) is 8.71. The van der Waals surface area contributed by atoms with E-state index in [1.165, 1.54) is 18.9 Å². The van der Waals surface area contributed by atoms with Crippen LogP contribution in [-0.2, 0) is 38.1 Å². The molecule has 0 aromatic carbocycles. The number of likely N-dealkylation sites (N-methyl/N-ethyl adjacent to an activating group) is 1. The van der Waals surface area contributed by atoms with Crippen molar-refractivity contribution in [3.8, 4) is 0 Å². The second-order valence-corrected chi connectivity index (χ2v) is 15.5. The summed E-state index contributed by atoms with van der Waals surface area (Å²) in [5, 5.41) is 15.1. The van der Waals surface area contributed by atoms with Crippen molar-refractivity contribution in [1.82, 2.24) is 9.80 Å². The van der Waals surface area contributed by atoms with E-state index in [9.17, 15) is 24.3 Å². The number of ketones is 2. The monoisotopic (exact) mass is 723 g/mol. The lowest BCUT2D eigenvalue weighted by Gasteiger charge is -2.49. The number of methoxy groups -OCH3 is 1. The first-order valence-electron chi connectivity index (χ1n) is 18.3. The van der Waals surface area contributed by atoms with Crippen molar-refractivity contribution < 1.29 is 48.0 Å². The molecule has 5 unspecified atom stereocenters. The molecule has 15 nitrogen and oxygen atoms in total. The molecule has 3 fully saturated rings. The largest absolute Gasteiger partial charge is 0.458 e. The lowest BCUT2D eigenvalue weighted by atomic mass is 9.73. The summed E-state index contributed by atoms with van der Waals surface area (Å²) in [6.45, 7) is 16.2. The van der Waals surface area contributed by atoms with Gasteiger partial charge in [0.15, 0.2) is 17.7 Å². The fraction of sp³-hybridized carbons (Fsp3) is 0.889. The Kier molecular flexibility index (Phi) is 14.5. The van der Waals surface area contributed by atoms with Gasteiger partial charge < -0.3 is 38.6 Å². The zero-order valence-corrected chi connectivity index (χ0v) is 32.5. The molecule has 290 valence electrons. The maximum absolute atomic E-state index is 14.5. The van der Waals surface area contributed by atoms with Crippen LogP contribution in [0, 0.1) is 29.6 Å². The number of fused-ring (bicyclic) bond motifs is 1. The van der Waals surface area contributed by atoms with E-state index in [0.717, 1.165) is 0 Å². The molecule has 0 aromatic rings. The molecule has 3 rings (SSSR count). The average molecular weight is 724 g/mol. The Balaban J connectivity index is 2.11. The van der Waals surface area contributed by atoms with Crippen molar-refractivity contribution in [3.63, 3.8) is 0 Å². The molecule has 3 aliphatic heterocycles. The van der Waals surface area contributed by atoms with Crippen molar-refractivity contribution >= 4 is 23.6 Å². The Morgan fingerprint density at radius 2 is 1.69 bits per heavy atom. The predicted octanol–water partition coefficient (Wildman–Crippen LogP) is 4.53. The fourth-order valence-electron chi connectivity index (χ4n) is 8.62. The van der Waals surface area contributed by atoms with Crippen LogP contribution in [0.5, 0.6) is 0 Å². The normalized spacial score (nSPS) is 41.4. The van der Waals surface area contributed by atoms with Crippen molar-refractivity contribution in [2.24, 2.45) is 34.7 Å². The molecule has 0 spiro atoms. The van der Waals surface area contributed by atoms with E-state index < -0.39 is 83.4 Å². The number of hydrogen-bond donors (Lipinski definition) is 1. The van der Waals surface area contributed by atoms with Crippen LogP contribution in [0.15, 0.2) is 5.11 Å². The minimum absolute atomic E-state index is 0.0325. The van der Waals surface area contributed by atoms with Crippen LogP contribution in [0.25, 0.3) is 10.4 Å². The highest BCUT2D eigenvalue weighted by Crippen LogP contribution is 2.43. The summed E-state index contributed by atoms with van der Waals surface area (Å²) in [6.07, 6.45) is -3.82. The van der Waals surface area contributed by atoms with Crippen LogP contribution in [0.4, 0.5) is 4.79 Å². The van der Waals surface area contributed by atoms with Gasteiger partial charge in [-0.2, -0.15) is 0 Å². The molecule has 1 N–H and O–H groups in total. The van der Waals surface area contributed by atoms with Crippen LogP contribution >= 0.6 is 0 Å². The quantitative estimate of drug-likeness (QED) is 0.0833. The molecule has 51 heavy (non-hydrogen) atoms. The molecule has 3 aliphatic rings. The molecule has 15 heteroatoms. The Bertz CT molecular complexity index is 1310. The minimum Gasteiger partial charge on any atom is -0.458 e. The summed E-state index contributed by atoms with van der Waals surface area (Å²) >= 11 is 0. The summed E-state index contributed by atoms with van der Waals surface area (Å²) in [4.78, 5) is 62.2. The molecule has 0 aliphatic carbocycles. The van der Waals surface area contributed by atoms with Crippen molar-refractivity contribution in [3.05, 3.63) is 10.4 Å². The van der Waals surface area contributed by atoms with Crippen molar-refractivity contribution in [1.29, 1.82) is 0 Å². The number of unbranched alkanes of at least 4 members (excludes halogenated alkanes) is 1. The van der Waals surface area contributed by atoms with Crippen LogP contribution in [0.1, 0.15) is 88.0 Å². The Morgan fingerprint density at radius 3 is 2.25 bits per heavy atom. The summed E-state index contributed by atoms with van der Waals surface area (Å²) < 4.78 is 31.0. The van der Waals surface area contributed by atoms with Crippen molar-refractivity contribution in [2.75, 3.05) is 34.3 Å². The third-order valence-electron chi connectivity index (χ3n) is 11.7. The maximum Gasteiger partial charge on any atom is 0.410 e. The molecule has 3 heterocycles. The Morgan fingerprint density at radius 1 is 1.04 bits per heavy atom. The number of nitrogens with zero attached hydrogens (tertiary/aromatic N) is 5. The van der Waals surface area contributed by atoms with Crippen LogP contribution in [0.3, 0.4) is 0 Å². The lowest BCUT2D eigenvalue weighted by molar-refractivity contribution is -0.305. The van der Waals surface area contributed by atoms with Gasteiger partial charge in [0.05, 0.1) is 23.9 Å². The number of esters is 1. The van der Waals surface area contributed by atoms with Gasteiger partial charge in [0.1, 0.15) is 23.9 Å². The van der Waals surface area contributed by atoms with Crippen LogP contribution in [-0.4, -0.2) is 127 Å². The smallest absolute Gasteiger partial charge is 0.410 e. The van der Waals surface area contributed by atoms with Gasteiger partial charge >= 0.3 is 12.1 Å². The first-order valence-corrected chi connectivity index (χ1v) is 18.3. The number of rotatable bonds is 10. The van der Waals surface area contributed by atoms with Gasteiger partial charge in [-0.1, -0.05) is 39.7 Å². The highest BCUT2D eigenvalue weighted by atomic mass is 16.7. The first-order chi connectivity index (χ1) is 23.8. The SMILES string of the molecule is CC[C@H]1OC(=O)[C@H](C)C(=O)[C@H](C)[C@@H](OC2OC(C)C(C)C(N(C)C)C2O)[C@@](C)(OC)C[C@@H](C)C(=O)[C@H](C)[C@H]2N(CCCCN=[N+]=[N-])C(=O)O[C@]12C. The van der Waals surface area contributed by atoms with Gasteiger partial charge in [0.25, 0.3) is 0 Å². The van der Waals surface area contributed by atoms with E-state index in [1.54, 1.807) is 41.5 Å². The van der Waals surface area contributed by atoms with Gasteiger partial charge in [-0.25, -0.2) is 4.79 Å². The third-order valence-corrected chi connectivity index (χ3v) is 11.7. The summed E-state index contributed by atoms with van der Waals surface area (Å²) in [5.74, 6) is -5.11. The first kappa shape index (κ1) is 42.6. The number of aliphatic hydroxyl groups is 1. The number of cyclic esters (lactones) is 1. The lowest BCUT2D eigenvalue weighted by Crippen LogP contribution is -2.62. The van der Waals surface area contributed by atoms with Crippen molar-refractivity contribution in [2.45, 2.75) is 142 Å². The predicted molar refractivity (Wildman–Crippen MR) is 187 cm³/mol. The molecule has 0 saturated carbocycles. The summed E-state index contributed by atoms with van der Waals surface area (Å²) in [7, 11) is 5.22. The van der Waals surface area contributed by atoms with Gasteiger partial charge in [-0.3, -0.25) is 14.4 Å². The molecule has 1 amide bonds. The summed E-state index contributed by atoms with van der Waals surface area (Å²) in [5.41, 5.74) is 5.97. The molecule has 0 aromatic heterocycles. The number of azide groups is 1.